The van der Waals surface area contributed by atoms with Crippen LogP contribution in [0.4, 0.5) is 5.95 Å². The molecule has 0 aromatic carbocycles. The van der Waals surface area contributed by atoms with Crippen molar-refractivity contribution in [3.8, 4) is 11.3 Å². The van der Waals surface area contributed by atoms with Crippen molar-refractivity contribution in [2.45, 2.75) is 38.6 Å². The van der Waals surface area contributed by atoms with Gasteiger partial charge in [0.2, 0.25) is 5.95 Å². The smallest absolute Gasteiger partial charge is 0.226 e. The Bertz CT molecular complexity index is 640. The van der Waals surface area contributed by atoms with Gasteiger partial charge >= 0.3 is 0 Å². The highest BCUT2D eigenvalue weighted by atomic mass is 15.3. The van der Waals surface area contributed by atoms with Gasteiger partial charge in [0.25, 0.3) is 0 Å². The number of aryl methyl sites for hydroxylation is 1. The summed E-state index contributed by atoms with van der Waals surface area (Å²) in [4.78, 5) is 11.9. The van der Waals surface area contributed by atoms with E-state index >= 15 is 0 Å². The Labute approximate surface area is 118 Å². The summed E-state index contributed by atoms with van der Waals surface area (Å²) in [7, 11) is 0. The van der Waals surface area contributed by atoms with E-state index in [-0.39, 0.29) is 0 Å². The van der Waals surface area contributed by atoms with Crippen LogP contribution in [0.2, 0.25) is 0 Å². The van der Waals surface area contributed by atoms with E-state index in [0.29, 0.717) is 6.04 Å². The fourth-order valence-corrected chi connectivity index (χ4v) is 3.03. The minimum atomic E-state index is 0.554. The molecule has 1 atom stereocenters. The highest BCUT2D eigenvalue weighted by Crippen LogP contribution is 2.33. The monoisotopic (exact) mass is 267 g/mol. The predicted octanol–water partition coefficient (Wildman–Crippen LogP) is 2.02. The molecule has 2 aliphatic rings. The van der Waals surface area contributed by atoms with E-state index in [1.807, 2.05) is 6.07 Å². The van der Waals surface area contributed by atoms with Gasteiger partial charge in [0.15, 0.2) is 0 Å². The van der Waals surface area contributed by atoms with Crippen LogP contribution >= 0.6 is 0 Å². The van der Waals surface area contributed by atoms with Crippen LogP contribution in [-0.2, 0) is 12.8 Å². The molecule has 1 aliphatic heterocycles. The van der Waals surface area contributed by atoms with Gasteiger partial charge in [-0.1, -0.05) is 0 Å². The second-order valence-electron chi connectivity index (χ2n) is 5.61. The first kappa shape index (κ1) is 11.8. The minimum Gasteiger partial charge on any atom is -0.338 e. The summed E-state index contributed by atoms with van der Waals surface area (Å²) in [6, 6.07) is 2.54. The first-order valence-corrected chi connectivity index (χ1v) is 7.26. The quantitative estimate of drug-likeness (QED) is 0.833. The summed E-state index contributed by atoms with van der Waals surface area (Å²) >= 11 is 0. The standard InChI is InChI=1S/C15H17N5/c1-10-6-8-20(10)15-18-13-4-2-3-12(13)14(19-15)11-5-7-16-17-9-11/h5,7,9-10H,2-4,6,8H2,1H3/t10-/m0/s1. The molecule has 0 N–H and O–H groups in total. The molecule has 0 unspecified atom stereocenters. The fraction of sp³-hybridized carbons (Fsp3) is 0.467. The van der Waals surface area contributed by atoms with Crippen molar-refractivity contribution in [3.05, 3.63) is 29.7 Å². The van der Waals surface area contributed by atoms with Crippen LogP contribution in [0.25, 0.3) is 11.3 Å². The predicted molar refractivity (Wildman–Crippen MR) is 76.5 cm³/mol. The maximum Gasteiger partial charge on any atom is 0.226 e. The van der Waals surface area contributed by atoms with E-state index in [1.165, 1.54) is 24.1 Å². The van der Waals surface area contributed by atoms with E-state index in [4.69, 9.17) is 9.97 Å². The van der Waals surface area contributed by atoms with E-state index in [9.17, 15) is 0 Å². The molecular formula is C15H17N5. The fourth-order valence-electron chi connectivity index (χ4n) is 3.03. The summed E-state index contributed by atoms with van der Waals surface area (Å²) in [5, 5.41) is 7.84. The zero-order valence-electron chi connectivity index (χ0n) is 11.6. The Morgan fingerprint density at radius 1 is 1.20 bits per heavy atom. The van der Waals surface area contributed by atoms with Gasteiger partial charge in [-0.15, -0.1) is 0 Å². The lowest BCUT2D eigenvalue weighted by molar-refractivity contribution is 0.470. The van der Waals surface area contributed by atoms with Gasteiger partial charge in [0.05, 0.1) is 18.1 Å². The molecule has 1 fully saturated rings. The first-order chi connectivity index (χ1) is 9.83. The molecule has 5 heteroatoms. The van der Waals surface area contributed by atoms with Gasteiger partial charge in [-0.05, 0) is 38.7 Å². The van der Waals surface area contributed by atoms with Crippen molar-refractivity contribution >= 4 is 5.95 Å². The molecule has 20 heavy (non-hydrogen) atoms. The highest BCUT2D eigenvalue weighted by molar-refractivity contribution is 5.65. The van der Waals surface area contributed by atoms with E-state index < -0.39 is 0 Å². The summed E-state index contributed by atoms with van der Waals surface area (Å²) < 4.78 is 0. The molecule has 1 saturated heterocycles. The molecule has 1 aliphatic carbocycles. The van der Waals surface area contributed by atoms with Gasteiger partial charge < -0.3 is 4.90 Å². The lowest BCUT2D eigenvalue weighted by Crippen LogP contribution is -2.46. The molecule has 0 spiro atoms. The third-order valence-electron chi connectivity index (χ3n) is 4.36. The van der Waals surface area contributed by atoms with Crippen LogP contribution in [0.15, 0.2) is 18.5 Å². The zero-order valence-corrected chi connectivity index (χ0v) is 11.6. The molecule has 0 bridgehead atoms. The molecule has 0 radical (unpaired) electrons. The molecule has 4 rings (SSSR count). The molecule has 5 nitrogen and oxygen atoms in total. The lowest BCUT2D eigenvalue weighted by Gasteiger charge is -2.39. The molecule has 2 aromatic heterocycles. The highest BCUT2D eigenvalue weighted by Gasteiger charge is 2.29. The van der Waals surface area contributed by atoms with E-state index in [1.54, 1.807) is 12.4 Å². The van der Waals surface area contributed by atoms with Crippen LogP contribution in [0.1, 0.15) is 31.0 Å². The summed E-state index contributed by atoms with van der Waals surface area (Å²) in [6.45, 7) is 3.29. The van der Waals surface area contributed by atoms with Crippen LogP contribution in [0, 0.1) is 0 Å². The minimum absolute atomic E-state index is 0.554. The molecule has 3 heterocycles. The van der Waals surface area contributed by atoms with Crippen molar-refractivity contribution < 1.29 is 0 Å². The van der Waals surface area contributed by atoms with Crippen molar-refractivity contribution in [2.24, 2.45) is 0 Å². The van der Waals surface area contributed by atoms with Gasteiger partial charge in [-0.3, -0.25) is 0 Å². The number of hydrogen-bond donors (Lipinski definition) is 0. The first-order valence-electron chi connectivity index (χ1n) is 7.26. The molecule has 2 aromatic rings. The van der Waals surface area contributed by atoms with Gasteiger partial charge in [0, 0.05) is 29.4 Å². The Hall–Kier alpha value is -2.04. The number of anilines is 1. The Morgan fingerprint density at radius 2 is 2.15 bits per heavy atom. The number of nitrogens with zero attached hydrogens (tertiary/aromatic N) is 5. The second-order valence-corrected chi connectivity index (χ2v) is 5.61. The van der Waals surface area contributed by atoms with Crippen molar-refractivity contribution in [1.29, 1.82) is 0 Å². The second kappa shape index (κ2) is 4.51. The Balaban J connectivity index is 1.85. The van der Waals surface area contributed by atoms with Crippen LogP contribution in [0.3, 0.4) is 0 Å². The van der Waals surface area contributed by atoms with Gasteiger partial charge in [-0.2, -0.15) is 10.2 Å². The van der Waals surface area contributed by atoms with Gasteiger partial charge in [0.1, 0.15) is 0 Å². The van der Waals surface area contributed by atoms with Crippen molar-refractivity contribution in [3.63, 3.8) is 0 Å². The summed E-state index contributed by atoms with van der Waals surface area (Å²) in [6.07, 6.45) is 8.07. The van der Waals surface area contributed by atoms with Crippen molar-refractivity contribution in [2.75, 3.05) is 11.4 Å². The number of hydrogen-bond acceptors (Lipinski definition) is 5. The van der Waals surface area contributed by atoms with Crippen LogP contribution in [0.5, 0.6) is 0 Å². The SMILES string of the molecule is C[C@H]1CCN1c1nc2c(c(-c3ccnnc3)n1)CCC2. The third kappa shape index (κ3) is 1.77. The topological polar surface area (TPSA) is 54.8 Å². The van der Waals surface area contributed by atoms with Crippen LogP contribution in [-0.4, -0.2) is 32.8 Å². The summed E-state index contributed by atoms with van der Waals surface area (Å²) in [5.74, 6) is 0.885. The summed E-state index contributed by atoms with van der Waals surface area (Å²) in [5.41, 5.74) is 4.63. The maximum atomic E-state index is 4.83. The maximum absolute atomic E-state index is 4.83. The number of fused-ring (bicyclic) bond motifs is 1. The Morgan fingerprint density at radius 3 is 2.85 bits per heavy atom. The van der Waals surface area contributed by atoms with Crippen LogP contribution < -0.4 is 4.90 Å². The Kier molecular flexibility index (Phi) is 2.65. The van der Waals surface area contributed by atoms with Crippen molar-refractivity contribution in [1.82, 2.24) is 20.2 Å². The normalized spacial score (nSPS) is 20.6. The van der Waals surface area contributed by atoms with Gasteiger partial charge in [-0.25, -0.2) is 9.97 Å². The molecule has 0 saturated carbocycles. The van der Waals surface area contributed by atoms with E-state index in [0.717, 1.165) is 36.6 Å². The largest absolute Gasteiger partial charge is 0.338 e. The molecule has 102 valence electrons. The number of aromatic nitrogens is 4. The number of rotatable bonds is 2. The average molecular weight is 267 g/mol. The molecule has 0 amide bonds. The average Bonchev–Trinajstić information content (AvgIpc) is 2.94. The lowest BCUT2D eigenvalue weighted by atomic mass is 10.1. The van der Waals surface area contributed by atoms with E-state index in [2.05, 4.69) is 22.0 Å². The molecular weight excluding hydrogens is 250 g/mol. The third-order valence-corrected chi connectivity index (χ3v) is 4.36. The zero-order chi connectivity index (χ0) is 13.5.